The molecule has 92 valence electrons. The van der Waals surface area contributed by atoms with Crippen molar-refractivity contribution in [3.05, 3.63) is 57.3 Å². The minimum Gasteiger partial charge on any atom is -0.453 e. The number of halogens is 3. The zero-order valence-corrected chi connectivity index (χ0v) is 11.3. The highest BCUT2D eigenvalue weighted by Gasteiger charge is 2.08. The standard InChI is InChI=1S/C13H7BrClFO2/c14-9-2-4-13(11(16)6-9)18-12-3-1-8(7-17)5-10(12)15/h1-7H. The van der Waals surface area contributed by atoms with E-state index in [4.69, 9.17) is 16.3 Å². The summed E-state index contributed by atoms with van der Waals surface area (Å²) < 4.78 is 19.5. The molecule has 2 rings (SSSR count). The molecule has 2 nitrogen and oxygen atoms in total. The minimum absolute atomic E-state index is 0.0685. The van der Waals surface area contributed by atoms with Gasteiger partial charge in [0.25, 0.3) is 0 Å². The Balaban J connectivity index is 2.31. The van der Waals surface area contributed by atoms with Gasteiger partial charge in [-0.1, -0.05) is 27.5 Å². The Hall–Kier alpha value is -1.39. The van der Waals surface area contributed by atoms with Crippen LogP contribution in [0, 0.1) is 5.82 Å². The molecule has 0 N–H and O–H groups in total. The summed E-state index contributed by atoms with van der Waals surface area (Å²) >= 11 is 9.08. The Morgan fingerprint density at radius 3 is 2.50 bits per heavy atom. The molecule has 5 heteroatoms. The van der Waals surface area contributed by atoms with Gasteiger partial charge in [-0.05, 0) is 36.4 Å². The van der Waals surface area contributed by atoms with Crippen LogP contribution in [0.2, 0.25) is 5.02 Å². The molecule has 0 radical (unpaired) electrons. The lowest BCUT2D eigenvalue weighted by molar-refractivity contribution is 0.112. The number of aldehydes is 1. The quantitative estimate of drug-likeness (QED) is 0.753. The summed E-state index contributed by atoms with van der Waals surface area (Å²) in [5.41, 5.74) is 0.434. The topological polar surface area (TPSA) is 26.3 Å². The van der Waals surface area contributed by atoms with Crippen LogP contribution in [0.3, 0.4) is 0 Å². The highest BCUT2D eigenvalue weighted by atomic mass is 79.9. The molecule has 0 saturated heterocycles. The lowest BCUT2D eigenvalue weighted by atomic mass is 10.2. The second-order valence-corrected chi connectivity index (χ2v) is 4.81. The van der Waals surface area contributed by atoms with Crippen LogP contribution in [0.5, 0.6) is 11.5 Å². The van der Waals surface area contributed by atoms with Crippen LogP contribution in [-0.4, -0.2) is 6.29 Å². The molecule has 0 amide bonds. The van der Waals surface area contributed by atoms with E-state index in [1.807, 2.05) is 0 Å². The molecule has 2 aromatic carbocycles. The van der Waals surface area contributed by atoms with Crippen molar-refractivity contribution in [2.75, 3.05) is 0 Å². The van der Waals surface area contributed by atoms with Gasteiger partial charge in [-0.2, -0.15) is 0 Å². The van der Waals surface area contributed by atoms with Gasteiger partial charge in [-0.3, -0.25) is 4.79 Å². The van der Waals surface area contributed by atoms with Crippen LogP contribution in [-0.2, 0) is 0 Å². The van der Waals surface area contributed by atoms with E-state index in [1.54, 1.807) is 12.1 Å². The van der Waals surface area contributed by atoms with Crippen molar-refractivity contribution in [3.63, 3.8) is 0 Å². The Morgan fingerprint density at radius 1 is 1.17 bits per heavy atom. The van der Waals surface area contributed by atoms with Crippen molar-refractivity contribution in [2.24, 2.45) is 0 Å². The lowest BCUT2D eigenvalue weighted by Crippen LogP contribution is -1.90. The number of ether oxygens (including phenoxy) is 1. The summed E-state index contributed by atoms with van der Waals surface area (Å²) in [6, 6.07) is 8.97. The zero-order chi connectivity index (χ0) is 13.1. The summed E-state index contributed by atoms with van der Waals surface area (Å²) in [5.74, 6) is -0.137. The van der Waals surface area contributed by atoms with Gasteiger partial charge in [0.1, 0.15) is 12.0 Å². The predicted molar refractivity (Wildman–Crippen MR) is 71.0 cm³/mol. The number of rotatable bonds is 3. The summed E-state index contributed by atoms with van der Waals surface area (Å²) in [7, 11) is 0. The third-order valence-corrected chi connectivity index (χ3v) is 2.99. The van der Waals surface area contributed by atoms with Gasteiger partial charge in [0.15, 0.2) is 11.6 Å². The first kappa shape index (κ1) is 13.1. The van der Waals surface area contributed by atoms with Crippen molar-refractivity contribution in [1.29, 1.82) is 0 Å². The molecule has 0 aliphatic rings. The van der Waals surface area contributed by atoms with Gasteiger partial charge in [0.05, 0.1) is 5.02 Å². The zero-order valence-electron chi connectivity index (χ0n) is 8.99. The number of hydrogen-bond donors (Lipinski definition) is 0. The Morgan fingerprint density at radius 2 is 1.89 bits per heavy atom. The largest absolute Gasteiger partial charge is 0.453 e. The van der Waals surface area contributed by atoms with Gasteiger partial charge >= 0.3 is 0 Å². The van der Waals surface area contributed by atoms with Crippen LogP contribution < -0.4 is 4.74 Å². The van der Waals surface area contributed by atoms with Crippen molar-refractivity contribution in [3.8, 4) is 11.5 Å². The fourth-order valence-corrected chi connectivity index (χ4v) is 1.91. The summed E-state index contributed by atoms with van der Waals surface area (Å²) in [5, 5.41) is 0.252. The average Bonchev–Trinajstić information content (AvgIpc) is 2.34. The molecule has 0 heterocycles. The number of benzene rings is 2. The first-order chi connectivity index (χ1) is 8.60. The van der Waals surface area contributed by atoms with Crippen LogP contribution in [0.25, 0.3) is 0 Å². The Kier molecular flexibility index (Phi) is 3.99. The SMILES string of the molecule is O=Cc1ccc(Oc2ccc(Br)cc2F)c(Cl)c1. The van der Waals surface area contributed by atoms with Gasteiger partial charge in [-0.25, -0.2) is 4.39 Å². The van der Waals surface area contributed by atoms with Crippen LogP contribution in [0.4, 0.5) is 4.39 Å². The van der Waals surface area contributed by atoms with E-state index < -0.39 is 5.82 Å². The number of hydrogen-bond acceptors (Lipinski definition) is 2. The van der Waals surface area contributed by atoms with Gasteiger partial charge in [0.2, 0.25) is 0 Å². The maximum Gasteiger partial charge on any atom is 0.166 e. The molecule has 0 atom stereocenters. The second kappa shape index (κ2) is 5.50. The Bertz CT molecular complexity index is 602. The van der Waals surface area contributed by atoms with E-state index in [9.17, 15) is 9.18 Å². The molecular weight excluding hydrogens is 322 g/mol. The van der Waals surface area contributed by atoms with Crippen LogP contribution in [0.1, 0.15) is 10.4 Å². The average molecular weight is 330 g/mol. The maximum absolute atomic E-state index is 13.6. The molecule has 0 unspecified atom stereocenters. The molecule has 0 aliphatic heterocycles. The van der Waals surface area contributed by atoms with E-state index in [2.05, 4.69) is 15.9 Å². The molecule has 0 fully saturated rings. The van der Waals surface area contributed by atoms with Gasteiger partial charge < -0.3 is 4.74 Å². The van der Waals surface area contributed by atoms with Crippen LogP contribution >= 0.6 is 27.5 Å². The molecule has 2 aromatic rings. The van der Waals surface area contributed by atoms with E-state index >= 15 is 0 Å². The summed E-state index contributed by atoms with van der Waals surface area (Å²) in [4.78, 5) is 10.6. The highest BCUT2D eigenvalue weighted by Crippen LogP contribution is 2.32. The van der Waals surface area contributed by atoms with Crippen LogP contribution in [0.15, 0.2) is 40.9 Å². The number of carbonyl (C=O) groups is 1. The van der Waals surface area contributed by atoms with E-state index in [0.717, 1.165) is 0 Å². The monoisotopic (exact) mass is 328 g/mol. The van der Waals surface area contributed by atoms with Crippen molar-refractivity contribution >= 4 is 33.8 Å². The van der Waals surface area contributed by atoms with Crippen molar-refractivity contribution in [2.45, 2.75) is 0 Å². The first-order valence-corrected chi connectivity index (χ1v) is 6.15. The van der Waals surface area contributed by atoms with E-state index in [1.165, 1.54) is 24.3 Å². The lowest BCUT2D eigenvalue weighted by Gasteiger charge is -2.08. The minimum atomic E-state index is -0.500. The predicted octanol–water partition coefficient (Wildman–Crippen LogP) is 4.85. The van der Waals surface area contributed by atoms with Crippen molar-refractivity contribution < 1.29 is 13.9 Å². The molecule has 0 aliphatic carbocycles. The third kappa shape index (κ3) is 2.89. The highest BCUT2D eigenvalue weighted by molar-refractivity contribution is 9.10. The first-order valence-electron chi connectivity index (χ1n) is 4.98. The fraction of sp³-hybridized carbons (Fsp3) is 0. The Labute approximate surface area is 116 Å². The van der Waals surface area contributed by atoms with Crippen molar-refractivity contribution in [1.82, 2.24) is 0 Å². The van der Waals surface area contributed by atoms with Gasteiger partial charge in [-0.15, -0.1) is 0 Å². The van der Waals surface area contributed by atoms with Gasteiger partial charge in [0, 0.05) is 10.0 Å². The third-order valence-electron chi connectivity index (χ3n) is 2.21. The molecule has 0 bridgehead atoms. The summed E-state index contributed by atoms with van der Waals surface area (Å²) in [6.45, 7) is 0. The second-order valence-electron chi connectivity index (χ2n) is 3.48. The molecule has 18 heavy (non-hydrogen) atoms. The fourth-order valence-electron chi connectivity index (χ4n) is 1.35. The van der Waals surface area contributed by atoms with E-state index in [0.29, 0.717) is 22.1 Å². The number of carbonyl (C=O) groups excluding carboxylic acids is 1. The molecule has 0 saturated carbocycles. The smallest absolute Gasteiger partial charge is 0.166 e. The summed E-state index contributed by atoms with van der Waals surface area (Å²) in [6.07, 6.45) is 0.676. The molecule has 0 aromatic heterocycles. The maximum atomic E-state index is 13.6. The normalized spacial score (nSPS) is 10.2. The molecular formula is C13H7BrClFO2. The molecule has 0 spiro atoms. The van der Waals surface area contributed by atoms with E-state index in [-0.39, 0.29) is 10.8 Å².